The second-order valence-electron chi connectivity index (χ2n) is 8.91. The van der Waals surface area contributed by atoms with Crippen molar-refractivity contribution < 1.29 is 4.79 Å². The van der Waals surface area contributed by atoms with Gasteiger partial charge in [-0.05, 0) is 36.6 Å². The highest BCUT2D eigenvalue weighted by Crippen LogP contribution is 2.22. The molecule has 1 aromatic carbocycles. The quantitative estimate of drug-likeness (QED) is 0.511. The second-order valence-corrected chi connectivity index (χ2v) is 8.91. The molecule has 33 heavy (non-hydrogen) atoms. The van der Waals surface area contributed by atoms with Gasteiger partial charge in [-0.15, -0.1) is 0 Å². The summed E-state index contributed by atoms with van der Waals surface area (Å²) in [5.41, 5.74) is 2.90. The molecule has 7 nitrogen and oxygen atoms in total. The monoisotopic (exact) mass is 446 g/mol. The Morgan fingerprint density at radius 3 is 2.42 bits per heavy atom. The highest BCUT2D eigenvalue weighted by Gasteiger charge is 2.21. The summed E-state index contributed by atoms with van der Waals surface area (Å²) in [7, 11) is 0. The first kappa shape index (κ1) is 23.1. The molecule has 1 N–H and O–H groups in total. The number of hydrogen-bond donors (Lipinski definition) is 1. The van der Waals surface area contributed by atoms with Gasteiger partial charge in [0.05, 0.1) is 17.5 Å². The summed E-state index contributed by atoms with van der Waals surface area (Å²) in [4.78, 5) is 22.3. The van der Waals surface area contributed by atoms with Gasteiger partial charge in [0.2, 0.25) is 0 Å². The van der Waals surface area contributed by atoms with Crippen LogP contribution in [0.1, 0.15) is 47.8 Å². The van der Waals surface area contributed by atoms with Crippen LogP contribution in [-0.4, -0.2) is 69.7 Å². The molecule has 0 atom stereocenters. The van der Waals surface area contributed by atoms with Crippen LogP contribution in [0.2, 0.25) is 0 Å². The smallest absolute Gasteiger partial charge is 0.254 e. The Hall–Kier alpha value is -3.03. The molecule has 4 rings (SSSR count). The van der Waals surface area contributed by atoms with Gasteiger partial charge in [-0.1, -0.05) is 50.2 Å². The van der Waals surface area contributed by atoms with E-state index in [-0.39, 0.29) is 11.8 Å². The Morgan fingerprint density at radius 1 is 1.00 bits per heavy atom. The molecule has 0 saturated carbocycles. The highest BCUT2D eigenvalue weighted by atomic mass is 16.1. The number of aromatic nitrogens is 3. The molecule has 1 fully saturated rings. The molecular weight excluding hydrogens is 412 g/mol. The number of carbonyl (C=O) groups is 1. The molecular formula is C26H34N6O. The molecule has 7 heteroatoms. The number of nitrogens with zero attached hydrogens (tertiary/aromatic N) is 5. The topological polar surface area (TPSA) is 66.3 Å². The van der Waals surface area contributed by atoms with Crippen LogP contribution in [0.15, 0.2) is 60.9 Å². The Balaban J connectivity index is 1.22. The highest BCUT2D eigenvalue weighted by molar-refractivity contribution is 5.95. The Kier molecular flexibility index (Phi) is 7.86. The van der Waals surface area contributed by atoms with Crippen LogP contribution < -0.4 is 5.32 Å². The predicted molar refractivity (Wildman–Crippen MR) is 131 cm³/mol. The Morgan fingerprint density at radius 2 is 1.73 bits per heavy atom. The first-order valence-corrected chi connectivity index (χ1v) is 11.9. The van der Waals surface area contributed by atoms with Gasteiger partial charge >= 0.3 is 0 Å². The van der Waals surface area contributed by atoms with E-state index in [1.54, 1.807) is 17.1 Å². The maximum absolute atomic E-state index is 12.9. The van der Waals surface area contributed by atoms with Crippen LogP contribution in [-0.2, 0) is 6.54 Å². The Labute approximate surface area is 196 Å². The maximum Gasteiger partial charge on any atom is 0.254 e. The average Bonchev–Trinajstić information content (AvgIpc) is 3.30. The minimum atomic E-state index is -0.0615. The van der Waals surface area contributed by atoms with Crippen molar-refractivity contribution in [1.29, 1.82) is 0 Å². The van der Waals surface area contributed by atoms with Gasteiger partial charge < -0.3 is 10.2 Å². The van der Waals surface area contributed by atoms with Crippen molar-refractivity contribution in [2.24, 2.45) is 0 Å². The number of pyridine rings is 1. The van der Waals surface area contributed by atoms with Crippen molar-refractivity contribution in [2.45, 2.75) is 32.7 Å². The van der Waals surface area contributed by atoms with Crippen LogP contribution in [0.4, 0.5) is 0 Å². The number of piperazine rings is 1. The number of hydrogen-bond acceptors (Lipinski definition) is 5. The van der Waals surface area contributed by atoms with E-state index >= 15 is 0 Å². The first-order valence-electron chi connectivity index (χ1n) is 11.9. The average molecular weight is 447 g/mol. The van der Waals surface area contributed by atoms with E-state index in [1.807, 2.05) is 18.2 Å². The number of benzene rings is 1. The summed E-state index contributed by atoms with van der Waals surface area (Å²) in [6.07, 6.45) is 4.34. The van der Waals surface area contributed by atoms with Crippen LogP contribution in [0.3, 0.4) is 0 Å². The minimum Gasteiger partial charge on any atom is -0.352 e. The van der Waals surface area contributed by atoms with Crippen molar-refractivity contribution in [3.63, 3.8) is 0 Å². The number of nitrogens with one attached hydrogen (secondary N) is 1. The lowest BCUT2D eigenvalue weighted by Gasteiger charge is -2.34. The van der Waals surface area contributed by atoms with Crippen LogP contribution in [0, 0.1) is 0 Å². The molecule has 174 valence electrons. The minimum absolute atomic E-state index is 0.0615. The van der Waals surface area contributed by atoms with E-state index in [9.17, 15) is 4.79 Å². The van der Waals surface area contributed by atoms with Gasteiger partial charge in [0.25, 0.3) is 5.91 Å². The molecule has 0 bridgehead atoms. The van der Waals surface area contributed by atoms with Gasteiger partial charge in [-0.25, -0.2) is 9.67 Å². The van der Waals surface area contributed by atoms with E-state index in [4.69, 9.17) is 0 Å². The summed E-state index contributed by atoms with van der Waals surface area (Å²) < 4.78 is 1.77. The lowest BCUT2D eigenvalue weighted by molar-refractivity contribution is 0.0945. The van der Waals surface area contributed by atoms with Gasteiger partial charge in [0.15, 0.2) is 5.82 Å². The van der Waals surface area contributed by atoms with E-state index < -0.39 is 0 Å². The third kappa shape index (κ3) is 6.06. The predicted octanol–water partition coefficient (Wildman–Crippen LogP) is 3.33. The van der Waals surface area contributed by atoms with Gasteiger partial charge in [0, 0.05) is 45.5 Å². The van der Waals surface area contributed by atoms with E-state index in [0.717, 1.165) is 57.2 Å². The molecule has 0 aliphatic carbocycles. The van der Waals surface area contributed by atoms with Crippen molar-refractivity contribution in [2.75, 3.05) is 39.3 Å². The van der Waals surface area contributed by atoms with Gasteiger partial charge in [-0.3, -0.25) is 9.69 Å². The summed E-state index contributed by atoms with van der Waals surface area (Å²) in [5, 5.41) is 7.54. The molecule has 1 aliphatic rings. The molecule has 3 heterocycles. The SMILES string of the molecule is CC(C)c1c(C(=O)NCCCN2CCN(Cc3ccccc3)CC2)cnn1-c1ccccn1. The normalized spacial score (nSPS) is 15.1. The number of rotatable bonds is 9. The summed E-state index contributed by atoms with van der Waals surface area (Å²) >= 11 is 0. The van der Waals surface area contributed by atoms with Crippen LogP contribution >= 0.6 is 0 Å². The molecule has 0 unspecified atom stereocenters. The van der Waals surface area contributed by atoms with E-state index in [0.29, 0.717) is 12.1 Å². The molecule has 1 saturated heterocycles. The summed E-state index contributed by atoms with van der Waals surface area (Å²) in [5.74, 6) is 0.822. The molecule has 2 aromatic heterocycles. The maximum atomic E-state index is 12.9. The molecule has 0 spiro atoms. The first-order chi connectivity index (χ1) is 16.1. The number of amides is 1. The molecule has 1 amide bonds. The van der Waals surface area contributed by atoms with Crippen LogP contribution in [0.25, 0.3) is 5.82 Å². The fourth-order valence-electron chi connectivity index (χ4n) is 4.36. The molecule has 0 radical (unpaired) electrons. The summed E-state index contributed by atoms with van der Waals surface area (Å²) in [6.45, 7) is 11.2. The van der Waals surface area contributed by atoms with Crippen molar-refractivity contribution in [3.05, 3.63) is 77.7 Å². The lowest BCUT2D eigenvalue weighted by Crippen LogP contribution is -2.46. The summed E-state index contributed by atoms with van der Waals surface area (Å²) in [6, 6.07) is 16.4. The largest absolute Gasteiger partial charge is 0.352 e. The van der Waals surface area contributed by atoms with Crippen LogP contribution in [0.5, 0.6) is 0 Å². The zero-order valence-corrected chi connectivity index (χ0v) is 19.7. The fraction of sp³-hybridized carbons (Fsp3) is 0.423. The standard InChI is InChI=1S/C26H34N6O/c1-21(2)25-23(19-29-32(25)24-11-6-7-12-27-24)26(33)28-13-8-14-30-15-17-31(18-16-30)20-22-9-4-3-5-10-22/h3-7,9-12,19,21H,8,13-18,20H2,1-2H3,(H,28,33). The third-order valence-corrected chi connectivity index (χ3v) is 6.11. The van der Waals surface area contributed by atoms with E-state index in [1.165, 1.54) is 5.56 Å². The lowest BCUT2D eigenvalue weighted by atomic mass is 10.1. The molecule has 1 aliphatic heterocycles. The van der Waals surface area contributed by atoms with Crippen molar-refractivity contribution >= 4 is 5.91 Å². The zero-order valence-electron chi connectivity index (χ0n) is 19.7. The fourth-order valence-corrected chi connectivity index (χ4v) is 4.36. The van der Waals surface area contributed by atoms with Gasteiger partial charge in [-0.2, -0.15) is 5.10 Å². The van der Waals surface area contributed by atoms with Crippen molar-refractivity contribution in [3.8, 4) is 5.82 Å². The number of carbonyl (C=O) groups excluding carboxylic acids is 1. The third-order valence-electron chi connectivity index (χ3n) is 6.11. The molecule has 3 aromatic rings. The van der Waals surface area contributed by atoms with Crippen molar-refractivity contribution in [1.82, 2.24) is 29.9 Å². The zero-order chi connectivity index (χ0) is 23.0. The Bertz CT molecular complexity index is 1010. The second kappa shape index (κ2) is 11.2. The van der Waals surface area contributed by atoms with Gasteiger partial charge in [0.1, 0.15) is 0 Å². The van der Waals surface area contributed by atoms with E-state index in [2.05, 4.69) is 69.4 Å².